The first kappa shape index (κ1) is 13.8. The van der Waals surface area contributed by atoms with E-state index in [2.05, 4.69) is 0 Å². The summed E-state index contributed by atoms with van der Waals surface area (Å²) in [5.41, 5.74) is 7.48. The predicted octanol–water partition coefficient (Wildman–Crippen LogP) is 2.81. The zero-order valence-corrected chi connectivity index (χ0v) is 10.7. The zero-order chi connectivity index (χ0) is 10.7. The van der Waals surface area contributed by atoms with Gasteiger partial charge < -0.3 is 10.5 Å². The summed E-state index contributed by atoms with van der Waals surface area (Å²) in [4.78, 5) is 0. The van der Waals surface area contributed by atoms with Crippen LogP contribution in [-0.2, 0) is 11.2 Å². The van der Waals surface area contributed by atoms with Crippen LogP contribution in [0, 0.1) is 0 Å². The summed E-state index contributed by atoms with van der Waals surface area (Å²) in [6, 6.07) is 7.93. The molecule has 0 amide bonds. The van der Waals surface area contributed by atoms with E-state index < -0.39 is 0 Å². The summed E-state index contributed by atoms with van der Waals surface area (Å²) in [6.07, 6.45) is 2.79. The van der Waals surface area contributed by atoms with Crippen molar-refractivity contribution in [2.45, 2.75) is 24.8 Å². The molecule has 0 aromatic heterocycles. The van der Waals surface area contributed by atoms with E-state index in [0.29, 0.717) is 0 Å². The Kier molecular flexibility index (Phi) is 5.06. The molecule has 0 atom stereocenters. The Hall–Kier alpha value is -0.280. The van der Waals surface area contributed by atoms with Gasteiger partial charge in [0.25, 0.3) is 0 Å². The van der Waals surface area contributed by atoms with Crippen molar-refractivity contribution in [2.75, 3.05) is 13.2 Å². The number of ether oxygens (including phenoxy) is 1. The maximum atomic E-state index is 6.32. The van der Waals surface area contributed by atoms with E-state index in [0.717, 1.165) is 37.5 Å². The Morgan fingerprint density at radius 1 is 1.19 bits per heavy atom. The normalized spacial score (nSPS) is 18.9. The van der Waals surface area contributed by atoms with Crippen LogP contribution in [0.15, 0.2) is 24.3 Å². The molecule has 1 aliphatic heterocycles. The van der Waals surface area contributed by atoms with E-state index in [1.165, 1.54) is 5.56 Å². The van der Waals surface area contributed by atoms with Crippen molar-refractivity contribution >= 4 is 24.0 Å². The average Bonchev–Trinajstić information content (AvgIpc) is 2.22. The van der Waals surface area contributed by atoms with Gasteiger partial charge in [0, 0.05) is 23.8 Å². The van der Waals surface area contributed by atoms with Gasteiger partial charge in [-0.25, -0.2) is 0 Å². The monoisotopic (exact) mass is 261 g/mol. The predicted molar refractivity (Wildman–Crippen MR) is 69.4 cm³/mol. The summed E-state index contributed by atoms with van der Waals surface area (Å²) < 4.78 is 5.32. The van der Waals surface area contributed by atoms with Gasteiger partial charge in [-0.3, -0.25) is 0 Å². The van der Waals surface area contributed by atoms with Crippen molar-refractivity contribution in [3.63, 3.8) is 0 Å². The van der Waals surface area contributed by atoms with Crippen molar-refractivity contribution < 1.29 is 4.74 Å². The molecule has 0 unspecified atom stereocenters. The largest absolute Gasteiger partial charge is 0.381 e. The minimum atomic E-state index is -0.0912. The minimum Gasteiger partial charge on any atom is -0.381 e. The second-order valence-corrected chi connectivity index (χ2v) is 4.71. The number of halogens is 2. The van der Waals surface area contributed by atoms with Crippen molar-refractivity contribution in [2.24, 2.45) is 5.73 Å². The first-order valence-corrected chi connectivity index (χ1v) is 5.67. The summed E-state index contributed by atoms with van der Waals surface area (Å²) in [5, 5.41) is 0.775. The standard InChI is InChI=1S/C12H16ClNO.ClH/c13-11-3-1-10(2-4-11)9-12(14)5-7-15-8-6-12;/h1-4H,5-9,14H2;1H. The van der Waals surface area contributed by atoms with Gasteiger partial charge in [0.05, 0.1) is 0 Å². The quantitative estimate of drug-likeness (QED) is 0.889. The molecule has 0 bridgehead atoms. The number of nitrogens with two attached hydrogens (primary N) is 1. The minimum absolute atomic E-state index is 0. The molecular formula is C12H17Cl2NO. The van der Waals surface area contributed by atoms with Crippen molar-refractivity contribution in [3.05, 3.63) is 34.9 Å². The maximum absolute atomic E-state index is 6.32. The lowest BCUT2D eigenvalue weighted by molar-refractivity contribution is 0.0533. The van der Waals surface area contributed by atoms with Crippen LogP contribution >= 0.6 is 24.0 Å². The van der Waals surface area contributed by atoms with Crippen LogP contribution in [0.3, 0.4) is 0 Å². The van der Waals surface area contributed by atoms with E-state index in [9.17, 15) is 0 Å². The molecule has 0 spiro atoms. The fourth-order valence-electron chi connectivity index (χ4n) is 1.96. The van der Waals surface area contributed by atoms with Crippen LogP contribution in [0.4, 0.5) is 0 Å². The highest BCUT2D eigenvalue weighted by molar-refractivity contribution is 6.30. The molecule has 1 saturated heterocycles. The topological polar surface area (TPSA) is 35.2 Å². The molecule has 2 rings (SSSR count). The number of hydrogen-bond donors (Lipinski definition) is 1. The van der Waals surface area contributed by atoms with Crippen molar-refractivity contribution in [1.29, 1.82) is 0 Å². The zero-order valence-electron chi connectivity index (χ0n) is 9.12. The molecule has 2 N–H and O–H groups in total. The Morgan fingerprint density at radius 3 is 2.31 bits per heavy atom. The molecule has 1 aromatic rings. The number of hydrogen-bond acceptors (Lipinski definition) is 2. The van der Waals surface area contributed by atoms with E-state index in [4.69, 9.17) is 22.1 Å². The van der Waals surface area contributed by atoms with Gasteiger partial charge >= 0.3 is 0 Å². The van der Waals surface area contributed by atoms with E-state index >= 15 is 0 Å². The third-order valence-electron chi connectivity index (χ3n) is 2.96. The molecule has 16 heavy (non-hydrogen) atoms. The highest BCUT2D eigenvalue weighted by atomic mass is 35.5. The average molecular weight is 262 g/mol. The second kappa shape index (κ2) is 5.87. The van der Waals surface area contributed by atoms with Gasteiger partial charge in [0.2, 0.25) is 0 Å². The number of benzene rings is 1. The van der Waals surface area contributed by atoms with Gasteiger partial charge in [0.1, 0.15) is 0 Å². The van der Waals surface area contributed by atoms with Gasteiger partial charge in [-0.05, 0) is 37.0 Å². The maximum Gasteiger partial charge on any atom is 0.0483 e. The first-order chi connectivity index (χ1) is 7.18. The summed E-state index contributed by atoms with van der Waals surface area (Å²) >= 11 is 5.84. The Morgan fingerprint density at radius 2 is 1.75 bits per heavy atom. The van der Waals surface area contributed by atoms with Crippen LogP contribution in [0.2, 0.25) is 5.02 Å². The molecule has 0 radical (unpaired) electrons. The number of rotatable bonds is 2. The third-order valence-corrected chi connectivity index (χ3v) is 3.21. The molecule has 1 fully saturated rings. The third kappa shape index (κ3) is 3.63. The van der Waals surface area contributed by atoms with Gasteiger partial charge in [0.15, 0.2) is 0 Å². The first-order valence-electron chi connectivity index (χ1n) is 5.29. The van der Waals surface area contributed by atoms with Crippen LogP contribution in [0.25, 0.3) is 0 Å². The van der Waals surface area contributed by atoms with Gasteiger partial charge in [-0.2, -0.15) is 0 Å². The highest BCUT2D eigenvalue weighted by Crippen LogP contribution is 2.23. The molecule has 90 valence electrons. The van der Waals surface area contributed by atoms with E-state index in [-0.39, 0.29) is 17.9 Å². The van der Waals surface area contributed by atoms with Crippen molar-refractivity contribution in [1.82, 2.24) is 0 Å². The molecular weight excluding hydrogens is 245 g/mol. The lowest BCUT2D eigenvalue weighted by atomic mass is 9.85. The Balaban J connectivity index is 0.00000128. The SMILES string of the molecule is Cl.NC1(Cc2ccc(Cl)cc2)CCOCC1. The lowest BCUT2D eigenvalue weighted by Gasteiger charge is -2.33. The van der Waals surface area contributed by atoms with Gasteiger partial charge in [-0.15, -0.1) is 12.4 Å². The fourth-order valence-corrected chi connectivity index (χ4v) is 2.09. The molecule has 0 saturated carbocycles. The van der Waals surface area contributed by atoms with E-state index in [1.807, 2.05) is 24.3 Å². The summed E-state index contributed by atoms with van der Waals surface area (Å²) in [7, 11) is 0. The lowest BCUT2D eigenvalue weighted by Crippen LogP contribution is -2.46. The second-order valence-electron chi connectivity index (χ2n) is 4.28. The molecule has 1 aliphatic rings. The highest BCUT2D eigenvalue weighted by Gasteiger charge is 2.27. The van der Waals surface area contributed by atoms with E-state index in [1.54, 1.807) is 0 Å². The molecule has 4 heteroatoms. The Labute approximate surface area is 108 Å². The molecule has 1 heterocycles. The van der Waals surface area contributed by atoms with Crippen LogP contribution in [0.1, 0.15) is 18.4 Å². The smallest absolute Gasteiger partial charge is 0.0483 e. The Bertz CT molecular complexity index is 320. The van der Waals surface area contributed by atoms with Crippen LogP contribution in [0.5, 0.6) is 0 Å². The molecule has 2 nitrogen and oxygen atoms in total. The summed E-state index contributed by atoms with van der Waals surface area (Å²) in [5.74, 6) is 0. The van der Waals surface area contributed by atoms with Gasteiger partial charge in [-0.1, -0.05) is 23.7 Å². The van der Waals surface area contributed by atoms with Crippen LogP contribution < -0.4 is 5.73 Å². The molecule has 1 aromatic carbocycles. The molecule has 0 aliphatic carbocycles. The summed E-state index contributed by atoms with van der Waals surface area (Å²) in [6.45, 7) is 1.56. The van der Waals surface area contributed by atoms with Crippen molar-refractivity contribution in [3.8, 4) is 0 Å². The van der Waals surface area contributed by atoms with Crippen LogP contribution in [-0.4, -0.2) is 18.8 Å². The fraction of sp³-hybridized carbons (Fsp3) is 0.500.